The molecule has 0 saturated heterocycles. The van der Waals surface area contributed by atoms with E-state index >= 15 is 0 Å². The fourth-order valence-corrected chi connectivity index (χ4v) is 2.25. The van der Waals surface area contributed by atoms with Gasteiger partial charge < -0.3 is 5.43 Å². The smallest absolute Gasteiger partial charge is 0.151 e. The number of nitrogen functional groups attached to an aromatic ring is 1. The number of thiazole rings is 1. The van der Waals surface area contributed by atoms with Gasteiger partial charge in [0.05, 0.1) is 0 Å². The van der Waals surface area contributed by atoms with Gasteiger partial charge >= 0.3 is 0 Å². The third-order valence-corrected chi connectivity index (χ3v) is 3.37. The molecule has 0 aliphatic rings. The van der Waals surface area contributed by atoms with Crippen LogP contribution in [0, 0.1) is 0 Å². The number of benzene rings is 1. The highest BCUT2D eigenvalue weighted by Gasteiger charge is 2.04. The average Bonchev–Trinajstić information content (AvgIpc) is 2.77. The van der Waals surface area contributed by atoms with Gasteiger partial charge in [-0.15, -0.1) is 11.3 Å². The molecule has 0 aliphatic carbocycles. The Hall–Kier alpha value is -1.39. The number of rotatable bonds is 3. The molecular formula is C12H15N3S. The third-order valence-electron chi connectivity index (χ3n) is 2.48. The molecular weight excluding hydrogens is 218 g/mol. The van der Waals surface area contributed by atoms with Crippen molar-refractivity contribution in [3.8, 4) is 10.6 Å². The molecule has 0 amide bonds. The molecule has 2 aromatic rings. The Kier molecular flexibility index (Phi) is 3.22. The van der Waals surface area contributed by atoms with Crippen LogP contribution in [0.1, 0.15) is 25.3 Å². The second-order valence-corrected chi connectivity index (χ2v) is 4.82. The van der Waals surface area contributed by atoms with E-state index in [4.69, 9.17) is 5.84 Å². The second kappa shape index (κ2) is 4.63. The lowest BCUT2D eigenvalue weighted by Gasteiger charge is -2.05. The Morgan fingerprint density at radius 3 is 2.44 bits per heavy atom. The zero-order valence-electron chi connectivity index (χ0n) is 9.40. The number of anilines is 1. The van der Waals surface area contributed by atoms with Crippen LogP contribution in [0.4, 0.5) is 5.82 Å². The second-order valence-electron chi connectivity index (χ2n) is 3.96. The lowest BCUT2D eigenvalue weighted by atomic mass is 10.0. The van der Waals surface area contributed by atoms with E-state index < -0.39 is 0 Å². The number of nitrogens with zero attached hydrogens (tertiary/aromatic N) is 1. The van der Waals surface area contributed by atoms with Crippen molar-refractivity contribution in [2.24, 2.45) is 5.84 Å². The van der Waals surface area contributed by atoms with Crippen molar-refractivity contribution in [2.75, 3.05) is 5.43 Å². The Morgan fingerprint density at radius 1 is 1.25 bits per heavy atom. The van der Waals surface area contributed by atoms with Crippen LogP contribution in [0.3, 0.4) is 0 Å². The number of hydrogen-bond donors (Lipinski definition) is 2. The van der Waals surface area contributed by atoms with E-state index in [2.05, 4.69) is 48.5 Å². The van der Waals surface area contributed by atoms with E-state index in [9.17, 15) is 0 Å². The molecule has 16 heavy (non-hydrogen) atoms. The minimum Gasteiger partial charge on any atom is -0.308 e. The van der Waals surface area contributed by atoms with Crippen LogP contribution in [0.15, 0.2) is 29.6 Å². The van der Waals surface area contributed by atoms with Gasteiger partial charge in [0.1, 0.15) is 5.01 Å². The molecule has 4 heteroatoms. The Bertz CT molecular complexity index is 459. The normalized spacial score (nSPS) is 10.8. The van der Waals surface area contributed by atoms with Gasteiger partial charge in [-0.05, 0) is 11.5 Å². The van der Waals surface area contributed by atoms with E-state index in [1.807, 2.05) is 5.38 Å². The molecule has 1 aromatic carbocycles. The first kappa shape index (κ1) is 11.1. The molecule has 0 atom stereocenters. The first-order chi connectivity index (χ1) is 7.70. The SMILES string of the molecule is CC(C)c1ccc(-c2nc(NN)cs2)cc1. The van der Waals surface area contributed by atoms with E-state index in [0.29, 0.717) is 11.7 Å². The van der Waals surface area contributed by atoms with Crippen LogP contribution in [0.2, 0.25) is 0 Å². The van der Waals surface area contributed by atoms with Crippen molar-refractivity contribution in [2.45, 2.75) is 19.8 Å². The Morgan fingerprint density at radius 2 is 1.94 bits per heavy atom. The number of aromatic nitrogens is 1. The van der Waals surface area contributed by atoms with E-state index in [1.165, 1.54) is 5.56 Å². The van der Waals surface area contributed by atoms with Crippen molar-refractivity contribution < 1.29 is 0 Å². The minimum absolute atomic E-state index is 0.562. The topological polar surface area (TPSA) is 50.9 Å². The van der Waals surface area contributed by atoms with Gasteiger partial charge in [0.15, 0.2) is 5.82 Å². The lowest BCUT2D eigenvalue weighted by molar-refractivity contribution is 0.867. The van der Waals surface area contributed by atoms with Gasteiger partial charge in [0.2, 0.25) is 0 Å². The largest absolute Gasteiger partial charge is 0.308 e. The monoisotopic (exact) mass is 233 g/mol. The van der Waals surface area contributed by atoms with Crippen LogP contribution in [0.5, 0.6) is 0 Å². The van der Waals surface area contributed by atoms with Crippen molar-refractivity contribution in [3.05, 3.63) is 35.2 Å². The number of hydrazine groups is 1. The summed E-state index contributed by atoms with van der Waals surface area (Å²) in [6.45, 7) is 4.38. The molecule has 1 aromatic heterocycles. The standard InChI is InChI=1S/C12H15N3S/c1-8(2)9-3-5-10(6-4-9)12-14-11(15-13)7-16-12/h3-8,15H,13H2,1-2H3. The number of nitrogens with two attached hydrogens (primary N) is 1. The fourth-order valence-electron chi connectivity index (χ4n) is 1.48. The number of hydrogen-bond acceptors (Lipinski definition) is 4. The van der Waals surface area contributed by atoms with Crippen molar-refractivity contribution in [3.63, 3.8) is 0 Å². The predicted octanol–water partition coefficient (Wildman–Crippen LogP) is 3.22. The summed E-state index contributed by atoms with van der Waals surface area (Å²) in [6, 6.07) is 8.51. The fraction of sp³-hybridized carbons (Fsp3) is 0.250. The van der Waals surface area contributed by atoms with Crippen molar-refractivity contribution >= 4 is 17.2 Å². The zero-order valence-corrected chi connectivity index (χ0v) is 10.2. The maximum absolute atomic E-state index is 5.30. The summed E-state index contributed by atoms with van der Waals surface area (Å²) in [4.78, 5) is 4.36. The maximum Gasteiger partial charge on any atom is 0.151 e. The molecule has 1 heterocycles. The molecule has 0 fully saturated rings. The summed E-state index contributed by atoms with van der Waals surface area (Å²) < 4.78 is 0. The first-order valence-electron chi connectivity index (χ1n) is 5.23. The first-order valence-corrected chi connectivity index (χ1v) is 6.11. The zero-order chi connectivity index (χ0) is 11.5. The van der Waals surface area contributed by atoms with Crippen LogP contribution in [-0.4, -0.2) is 4.98 Å². The molecule has 0 radical (unpaired) electrons. The summed E-state index contributed by atoms with van der Waals surface area (Å²) in [5, 5.41) is 2.90. The van der Waals surface area contributed by atoms with E-state index in [0.717, 1.165) is 10.6 Å². The van der Waals surface area contributed by atoms with Gasteiger partial charge in [-0.25, -0.2) is 10.8 Å². The minimum atomic E-state index is 0.562. The molecule has 0 unspecified atom stereocenters. The summed E-state index contributed by atoms with van der Waals surface area (Å²) >= 11 is 1.59. The quantitative estimate of drug-likeness (QED) is 0.632. The summed E-state index contributed by atoms with van der Waals surface area (Å²) in [6.07, 6.45) is 0. The van der Waals surface area contributed by atoms with Gasteiger partial charge in [0.25, 0.3) is 0 Å². The highest BCUT2D eigenvalue weighted by Crippen LogP contribution is 2.26. The predicted molar refractivity (Wildman–Crippen MR) is 69.4 cm³/mol. The molecule has 3 nitrogen and oxygen atoms in total. The third kappa shape index (κ3) is 2.23. The van der Waals surface area contributed by atoms with Gasteiger partial charge in [-0.3, -0.25) is 0 Å². The van der Waals surface area contributed by atoms with E-state index in [-0.39, 0.29) is 0 Å². The summed E-state index contributed by atoms with van der Waals surface area (Å²) in [5.41, 5.74) is 5.03. The summed E-state index contributed by atoms with van der Waals surface area (Å²) in [7, 11) is 0. The molecule has 3 N–H and O–H groups in total. The maximum atomic E-state index is 5.30. The molecule has 84 valence electrons. The lowest BCUT2D eigenvalue weighted by Crippen LogP contribution is -2.06. The molecule has 0 spiro atoms. The Labute approximate surface area is 99.3 Å². The number of nitrogens with one attached hydrogen (secondary N) is 1. The van der Waals surface area contributed by atoms with Crippen LogP contribution >= 0.6 is 11.3 Å². The van der Waals surface area contributed by atoms with Crippen LogP contribution < -0.4 is 11.3 Å². The van der Waals surface area contributed by atoms with Crippen molar-refractivity contribution in [1.29, 1.82) is 0 Å². The Balaban J connectivity index is 2.27. The van der Waals surface area contributed by atoms with Gasteiger partial charge in [0, 0.05) is 10.9 Å². The molecule has 0 aliphatic heterocycles. The summed E-state index contributed by atoms with van der Waals surface area (Å²) in [5.74, 6) is 6.58. The van der Waals surface area contributed by atoms with E-state index in [1.54, 1.807) is 11.3 Å². The molecule has 2 rings (SSSR count). The highest BCUT2D eigenvalue weighted by molar-refractivity contribution is 7.13. The van der Waals surface area contributed by atoms with Crippen LogP contribution in [0.25, 0.3) is 10.6 Å². The van der Waals surface area contributed by atoms with Crippen molar-refractivity contribution in [1.82, 2.24) is 4.98 Å². The average molecular weight is 233 g/mol. The molecule has 0 bridgehead atoms. The van der Waals surface area contributed by atoms with Gasteiger partial charge in [-0.1, -0.05) is 38.1 Å². The van der Waals surface area contributed by atoms with Gasteiger partial charge in [-0.2, -0.15) is 0 Å². The highest BCUT2D eigenvalue weighted by atomic mass is 32.1. The van der Waals surface area contributed by atoms with Crippen LogP contribution in [-0.2, 0) is 0 Å². The molecule has 0 saturated carbocycles.